The van der Waals surface area contributed by atoms with Gasteiger partial charge < -0.3 is 15.4 Å². The van der Waals surface area contributed by atoms with Crippen LogP contribution in [0.2, 0.25) is 0 Å². The second-order valence-electron chi connectivity index (χ2n) is 6.62. The van der Waals surface area contributed by atoms with Crippen molar-refractivity contribution in [1.29, 1.82) is 0 Å². The first kappa shape index (κ1) is 21.5. The zero-order valence-electron chi connectivity index (χ0n) is 15.9. The van der Waals surface area contributed by atoms with Gasteiger partial charge in [0.25, 0.3) is 0 Å². The van der Waals surface area contributed by atoms with Gasteiger partial charge in [0.2, 0.25) is 5.88 Å². The summed E-state index contributed by atoms with van der Waals surface area (Å²) in [5.74, 6) is 2.28. The third-order valence-corrected chi connectivity index (χ3v) is 4.27. The Hall–Kier alpha value is -1.83. The van der Waals surface area contributed by atoms with E-state index in [1.54, 1.807) is 0 Å². The molecule has 146 valence electrons. The highest BCUT2D eigenvalue weighted by Gasteiger charge is 2.21. The number of halogens is 1. The minimum absolute atomic E-state index is 0. The molecule has 6 heteroatoms. The van der Waals surface area contributed by atoms with Gasteiger partial charge in [0.1, 0.15) is 0 Å². The molecule has 1 aliphatic carbocycles. The molecule has 5 nitrogen and oxygen atoms in total. The first-order valence-corrected chi connectivity index (χ1v) is 9.47. The fourth-order valence-electron chi connectivity index (χ4n) is 2.56. The third-order valence-electron chi connectivity index (χ3n) is 4.27. The quantitative estimate of drug-likeness (QED) is 0.326. The Bertz CT molecular complexity index is 687. The first-order valence-electron chi connectivity index (χ1n) is 9.47. The molecule has 1 saturated carbocycles. The maximum absolute atomic E-state index is 5.67. The summed E-state index contributed by atoms with van der Waals surface area (Å²) in [4.78, 5) is 9.01. The molecule has 0 bridgehead atoms. The smallest absolute Gasteiger partial charge is 0.213 e. The molecule has 0 unspecified atom stereocenters. The highest BCUT2D eigenvalue weighted by Crippen LogP contribution is 2.29. The van der Waals surface area contributed by atoms with Gasteiger partial charge in [-0.2, -0.15) is 0 Å². The number of aromatic nitrogens is 1. The van der Waals surface area contributed by atoms with E-state index >= 15 is 0 Å². The molecule has 1 aromatic carbocycles. The van der Waals surface area contributed by atoms with Gasteiger partial charge in [-0.15, -0.1) is 24.0 Å². The molecule has 3 rings (SSSR count). The highest BCUT2D eigenvalue weighted by molar-refractivity contribution is 14.0. The molecular weight excluding hydrogens is 451 g/mol. The van der Waals surface area contributed by atoms with E-state index in [0.717, 1.165) is 43.6 Å². The van der Waals surface area contributed by atoms with Crippen LogP contribution >= 0.6 is 24.0 Å². The molecular formula is C21H29IN4O. The van der Waals surface area contributed by atoms with E-state index in [4.69, 9.17) is 4.74 Å². The maximum Gasteiger partial charge on any atom is 0.213 e. The fourth-order valence-corrected chi connectivity index (χ4v) is 2.56. The van der Waals surface area contributed by atoms with Crippen molar-refractivity contribution < 1.29 is 4.74 Å². The topological polar surface area (TPSA) is 58.5 Å². The number of guanidine groups is 1. The number of benzene rings is 1. The number of ether oxygens (including phenoxy) is 1. The lowest BCUT2D eigenvalue weighted by Gasteiger charge is -2.11. The van der Waals surface area contributed by atoms with Crippen molar-refractivity contribution in [2.45, 2.75) is 32.7 Å². The summed E-state index contributed by atoms with van der Waals surface area (Å²) in [5, 5.41) is 6.67. The van der Waals surface area contributed by atoms with Gasteiger partial charge in [-0.1, -0.05) is 36.4 Å². The average molecular weight is 480 g/mol. The molecule has 0 atom stereocenters. The van der Waals surface area contributed by atoms with Crippen LogP contribution in [-0.2, 0) is 13.0 Å². The lowest BCUT2D eigenvalue weighted by Crippen LogP contribution is -2.38. The summed E-state index contributed by atoms with van der Waals surface area (Å²) in [6.07, 6.45) is 5.40. The van der Waals surface area contributed by atoms with E-state index < -0.39 is 0 Å². The number of hydrogen-bond acceptors (Lipinski definition) is 3. The lowest BCUT2D eigenvalue weighted by molar-refractivity contribution is 0.288. The normalized spacial score (nSPS) is 13.6. The van der Waals surface area contributed by atoms with Crippen LogP contribution < -0.4 is 15.4 Å². The van der Waals surface area contributed by atoms with E-state index in [-0.39, 0.29) is 24.0 Å². The fraction of sp³-hybridized carbons (Fsp3) is 0.429. The van der Waals surface area contributed by atoms with Crippen LogP contribution in [0.5, 0.6) is 5.88 Å². The van der Waals surface area contributed by atoms with E-state index in [1.807, 2.05) is 24.4 Å². The Morgan fingerprint density at radius 3 is 2.59 bits per heavy atom. The van der Waals surface area contributed by atoms with E-state index in [0.29, 0.717) is 12.4 Å². The van der Waals surface area contributed by atoms with Gasteiger partial charge in [0, 0.05) is 25.4 Å². The van der Waals surface area contributed by atoms with Crippen LogP contribution in [0.15, 0.2) is 53.7 Å². The van der Waals surface area contributed by atoms with Crippen LogP contribution in [0.3, 0.4) is 0 Å². The maximum atomic E-state index is 5.67. The van der Waals surface area contributed by atoms with Gasteiger partial charge >= 0.3 is 0 Å². The molecule has 1 heterocycles. The Morgan fingerprint density at radius 2 is 1.93 bits per heavy atom. The minimum Gasteiger partial charge on any atom is -0.477 e. The molecule has 1 fully saturated rings. The first-order chi connectivity index (χ1) is 12.8. The molecule has 0 spiro atoms. The van der Waals surface area contributed by atoms with Gasteiger partial charge in [-0.05, 0) is 43.2 Å². The van der Waals surface area contributed by atoms with Crippen molar-refractivity contribution in [3.05, 3.63) is 59.8 Å². The van der Waals surface area contributed by atoms with Crippen molar-refractivity contribution in [1.82, 2.24) is 15.6 Å². The van der Waals surface area contributed by atoms with E-state index in [9.17, 15) is 0 Å². The number of rotatable bonds is 9. The largest absolute Gasteiger partial charge is 0.477 e. The number of aliphatic imine (C=N–C) groups is 1. The Balaban J connectivity index is 0.00000261. The standard InChI is InChI=1S/C21H28N4O.HI/c1-2-22-21(23-13-12-17-6-4-3-5-7-17)25-15-19-10-11-20(24-14-19)26-16-18-8-9-18;/h3-7,10-11,14,18H,2,8-9,12-13,15-16H2,1H3,(H2,22,23,25);1H. The Morgan fingerprint density at radius 1 is 1.11 bits per heavy atom. The van der Waals surface area contributed by atoms with Crippen molar-refractivity contribution >= 4 is 29.9 Å². The molecule has 0 aliphatic heterocycles. The van der Waals surface area contributed by atoms with Crippen molar-refractivity contribution in [2.24, 2.45) is 10.9 Å². The predicted molar refractivity (Wildman–Crippen MR) is 121 cm³/mol. The Labute approximate surface area is 179 Å². The van der Waals surface area contributed by atoms with Crippen LogP contribution in [0, 0.1) is 5.92 Å². The van der Waals surface area contributed by atoms with Crippen molar-refractivity contribution in [3.63, 3.8) is 0 Å². The van der Waals surface area contributed by atoms with Crippen LogP contribution in [0.1, 0.15) is 30.9 Å². The monoisotopic (exact) mass is 480 g/mol. The number of nitrogens with one attached hydrogen (secondary N) is 2. The van der Waals surface area contributed by atoms with Crippen LogP contribution in [-0.4, -0.2) is 30.6 Å². The zero-order valence-corrected chi connectivity index (χ0v) is 18.2. The summed E-state index contributed by atoms with van der Waals surface area (Å²) in [6, 6.07) is 14.4. The number of hydrogen-bond donors (Lipinski definition) is 2. The molecule has 0 saturated heterocycles. The molecule has 2 aromatic rings. The molecule has 1 aromatic heterocycles. The lowest BCUT2D eigenvalue weighted by atomic mass is 10.1. The molecule has 2 N–H and O–H groups in total. The van der Waals surface area contributed by atoms with E-state index in [1.165, 1.54) is 18.4 Å². The molecule has 0 amide bonds. The number of pyridine rings is 1. The van der Waals surface area contributed by atoms with Gasteiger partial charge in [0.05, 0.1) is 13.2 Å². The van der Waals surface area contributed by atoms with Gasteiger partial charge in [0.15, 0.2) is 5.96 Å². The Kier molecular flexibility index (Phi) is 9.38. The minimum atomic E-state index is 0. The van der Waals surface area contributed by atoms with Crippen LogP contribution in [0.4, 0.5) is 0 Å². The summed E-state index contributed by atoms with van der Waals surface area (Å²) in [5.41, 5.74) is 2.39. The summed E-state index contributed by atoms with van der Waals surface area (Å²) in [6.45, 7) is 5.14. The SMILES string of the molecule is CCNC(=NCc1ccc(OCC2CC2)nc1)NCCc1ccccc1.I. The summed E-state index contributed by atoms with van der Waals surface area (Å²) >= 11 is 0. The summed E-state index contributed by atoms with van der Waals surface area (Å²) < 4.78 is 5.67. The average Bonchev–Trinajstić information content (AvgIpc) is 3.51. The molecule has 27 heavy (non-hydrogen) atoms. The highest BCUT2D eigenvalue weighted by atomic mass is 127. The van der Waals surface area contributed by atoms with Gasteiger partial charge in [-0.25, -0.2) is 9.98 Å². The predicted octanol–water partition coefficient (Wildman–Crippen LogP) is 3.79. The zero-order chi connectivity index (χ0) is 18.0. The van der Waals surface area contributed by atoms with Crippen molar-refractivity contribution in [3.8, 4) is 5.88 Å². The third kappa shape index (κ3) is 8.15. The van der Waals surface area contributed by atoms with Crippen molar-refractivity contribution in [2.75, 3.05) is 19.7 Å². The number of nitrogens with zero attached hydrogens (tertiary/aromatic N) is 2. The van der Waals surface area contributed by atoms with E-state index in [2.05, 4.69) is 51.8 Å². The second kappa shape index (κ2) is 11.8. The van der Waals surface area contributed by atoms with Gasteiger partial charge in [-0.3, -0.25) is 0 Å². The molecule has 0 radical (unpaired) electrons. The molecule has 1 aliphatic rings. The summed E-state index contributed by atoms with van der Waals surface area (Å²) in [7, 11) is 0. The second-order valence-corrected chi connectivity index (χ2v) is 6.62. The van der Waals surface area contributed by atoms with Crippen LogP contribution in [0.25, 0.3) is 0 Å².